The van der Waals surface area contributed by atoms with E-state index in [0.29, 0.717) is 0 Å². The summed E-state index contributed by atoms with van der Waals surface area (Å²) in [6, 6.07) is 0. The molecule has 0 unspecified atom stereocenters. The van der Waals surface area contributed by atoms with Crippen molar-refractivity contribution in [2.75, 3.05) is 0 Å². The lowest BCUT2D eigenvalue weighted by atomic mass is 10.2. The maximum atomic E-state index is 2.30. The Morgan fingerprint density at radius 2 is 1.00 bits per heavy atom. The molecule has 0 spiro atoms. The summed E-state index contributed by atoms with van der Waals surface area (Å²) < 4.78 is 0. The van der Waals surface area contributed by atoms with E-state index in [0.717, 1.165) is 0 Å². The van der Waals surface area contributed by atoms with Gasteiger partial charge in [0.1, 0.15) is 0 Å². The smallest absolute Gasteiger partial charge is 0.0316 e. The van der Waals surface area contributed by atoms with Crippen LogP contribution >= 0.6 is 0 Å². The van der Waals surface area contributed by atoms with Crippen LogP contribution in [0.4, 0.5) is 0 Å². The Morgan fingerprint density at radius 1 is 0.556 bits per heavy atom. The summed E-state index contributed by atoms with van der Waals surface area (Å²) in [7, 11) is 0. The first-order valence-electron chi connectivity index (χ1n) is 3.80. The van der Waals surface area contributed by atoms with Crippen LogP contribution in [-0.4, -0.2) is 0 Å². The molecule has 0 aliphatic heterocycles. The van der Waals surface area contributed by atoms with Crippen molar-refractivity contribution in [2.24, 2.45) is 0 Å². The standard InChI is InChI=1S/C9H14/c1-2-4-6-8-9-7-5-3-1/h1-2,7,9H,3-6,8H2/b2-1-,9-7?. The highest BCUT2D eigenvalue weighted by molar-refractivity contribution is 4.90. The van der Waals surface area contributed by atoms with Gasteiger partial charge in [0, 0.05) is 0 Å². The maximum Gasteiger partial charge on any atom is -0.0316 e. The molecule has 0 aromatic carbocycles. The fourth-order valence-corrected chi connectivity index (χ4v) is 1.02. The van der Waals surface area contributed by atoms with Gasteiger partial charge in [0.25, 0.3) is 0 Å². The molecule has 0 heteroatoms. The molecule has 0 bridgehead atoms. The lowest BCUT2D eigenvalue weighted by Crippen LogP contribution is -1.65. The van der Waals surface area contributed by atoms with Crippen LogP contribution in [0, 0.1) is 0 Å². The number of hydrogen-bond acceptors (Lipinski definition) is 0. The van der Waals surface area contributed by atoms with E-state index < -0.39 is 0 Å². The molecule has 0 nitrogen and oxygen atoms in total. The Balaban J connectivity index is 2.28. The number of hydrogen-bond donors (Lipinski definition) is 0. The van der Waals surface area contributed by atoms with Crippen LogP contribution in [0.3, 0.4) is 0 Å². The molecular formula is C9H14. The highest BCUT2D eigenvalue weighted by Crippen LogP contribution is 2.04. The van der Waals surface area contributed by atoms with Gasteiger partial charge in [-0.15, -0.1) is 0 Å². The molecule has 1 rings (SSSR count). The van der Waals surface area contributed by atoms with Crippen LogP contribution in [-0.2, 0) is 0 Å². The third-order valence-corrected chi connectivity index (χ3v) is 1.57. The SMILES string of the molecule is C1=CCCC/C=C\CC1. The van der Waals surface area contributed by atoms with E-state index in [4.69, 9.17) is 0 Å². The van der Waals surface area contributed by atoms with E-state index in [9.17, 15) is 0 Å². The van der Waals surface area contributed by atoms with Gasteiger partial charge in [-0.05, 0) is 32.1 Å². The molecule has 0 aromatic rings. The zero-order valence-corrected chi connectivity index (χ0v) is 5.84. The Labute approximate surface area is 57.3 Å². The van der Waals surface area contributed by atoms with Crippen LogP contribution in [0.5, 0.6) is 0 Å². The highest BCUT2D eigenvalue weighted by atomic mass is 13.9. The summed E-state index contributed by atoms with van der Waals surface area (Å²) in [6.07, 6.45) is 15.5. The van der Waals surface area contributed by atoms with Gasteiger partial charge in [0.05, 0.1) is 0 Å². The number of allylic oxidation sites excluding steroid dienone is 4. The molecule has 0 heterocycles. The minimum absolute atomic E-state index is 1.23. The molecule has 0 amide bonds. The summed E-state index contributed by atoms with van der Waals surface area (Å²) in [6.45, 7) is 0. The van der Waals surface area contributed by atoms with Crippen molar-refractivity contribution in [2.45, 2.75) is 32.1 Å². The minimum atomic E-state index is 1.23. The van der Waals surface area contributed by atoms with E-state index in [-0.39, 0.29) is 0 Å². The van der Waals surface area contributed by atoms with Crippen molar-refractivity contribution >= 4 is 0 Å². The average Bonchev–Trinajstić information content (AvgIpc) is 2.00. The average molecular weight is 122 g/mol. The third kappa shape index (κ3) is 3.12. The van der Waals surface area contributed by atoms with Crippen LogP contribution in [0.25, 0.3) is 0 Å². The Morgan fingerprint density at radius 3 is 1.56 bits per heavy atom. The van der Waals surface area contributed by atoms with Gasteiger partial charge < -0.3 is 0 Å². The zero-order chi connectivity index (χ0) is 6.36. The lowest BCUT2D eigenvalue weighted by Gasteiger charge is -1.85. The summed E-state index contributed by atoms with van der Waals surface area (Å²) in [5.74, 6) is 0. The monoisotopic (exact) mass is 122 g/mol. The number of rotatable bonds is 0. The molecule has 1 aliphatic rings. The Hall–Kier alpha value is -0.520. The second-order valence-corrected chi connectivity index (χ2v) is 2.45. The molecule has 0 fully saturated rings. The first kappa shape index (κ1) is 6.60. The first-order valence-corrected chi connectivity index (χ1v) is 3.80. The molecule has 9 heavy (non-hydrogen) atoms. The van der Waals surface area contributed by atoms with Gasteiger partial charge in [0.2, 0.25) is 0 Å². The van der Waals surface area contributed by atoms with E-state index in [1.807, 2.05) is 0 Å². The van der Waals surface area contributed by atoms with Crippen molar-refractivity contribution in [1.29, 1.82) is 0 Å². The van der Waals surface area contributed by atoms with Crippen LogP contribution in [0.2, 0.25) is 0 Å². The molecule has 0 aromatic heterocycles. The maximum absolute atomic E-state index is 2.30. The van der Waals surface area contributed by atoms with Gasteiger partial charge >= 0.3 is 0 Å². The Bertz CT molecular complexity index is 95.2. The van der Waals surface area contributed by atoms with Crippen molar-refractivity contribution in [1.82, 2.24) is 0 Å². The molecule has 0 saturated carbocycles. The fourth-order valence-electron chi connectivity index (χ4n) is 1.02. The van der Waals surface area contributed by atoms with Crippen LogP contribution < -0.4 is 0 Å². The van der Waals surface area contributed by atoms with Crippen molar-refractivity contribution in [3.8, 4) is 0 Å². The van der Waals surface area contributed by atoms with Crippen molar-refractivity contribution < 1.29 is 0 Å². The minimum Gasteiger partial charge on any atom is -0.0885 e. The van der Waals surface area contributed by atoms with Gasteiger partial charge in [-0.3, -0.25) is 0 Å². The van der Waals surface area contributed by atoms with E-state index in [1.54, 1.807) is 0 Å². The Kier molecular flexibility index (Phi) is 3.20. The molecule has 50 valence electrons. The van der Waals surface area contributed by atoms with Gasteiger partial charge in [-0.1, -0.05) is 24.3 Å². The molecule has 1 aliphatic carbocycles. The second kappa shape index (κ2) is 4.37. The van der Waals surface area contributed by atoms with Gasteiger partial charge in [0.15, 0.2) is 0 Å². The van der Waals surface area contributed by atoms with E-state index in [2.05, 4.69) is 24.3 Å². The van der Waals surface area contributed by atoms with Crippen LogP contribution in [0.15, 0.2) is 24.3 Å². The van der Waals surface area contributed by atoms with Crippen molar-refractivity contribution in [3.63, 3.8) is 0 Å². The van der Waals surface area contributed by atoms with E-state index in [1.165, 1.54) is 32.1 Å². The normalized spacial score (nSPS) is 24.0. The molecular weight excluding hydrogens is 108 g/mol. The van der Waals surface area contributed by atoms with Crippen LogP contribution in [0.1, 0.15) is 32.1 Å². The van der Waals surface area contributed by atoms with Crippen molar-refractivity contribution in [3.05, 3.63) is 24.3 Å². The fraction of sp³-hybridized carbons (Fsp3) is 0.556. The molecule has 0 radical (unpaired) electrons. The third-order valence-electron chi connectivity index (χ3n) is 1.57. The summed E-state index contributed by atoms with van der Waals surface area (Å²) in [4.78, 5) is 0. The quantitative estimate of drug-likeness (QED) is 0.433. The summed E-state index contributed by atoms with van der Waals surface area (Å²) >= 11 is 0. The highest BCUT2D eigenvalue weighted by Gasteiger charge is 1.83. The second-order valence-electron chi connectivity index (χ2n) is 2.45. The summed E-state index contributed by atoms with van der Waals surface area (Å²) in [5, 5.41) is 0. The molecule has 0 N–H and O–H groups in total. The zero-order valence-electron chi connectivity index (χ0n) is 5.84. The largest absolute Gasteiger partial charge is 0.0885 e. The predicted octanol–water partition coefficient (Wildman–Crippen LogP) is 3.06. The molecule has 0 atom stereocenters. The molecule has 0 saturated heterocycles. The van der Waals surface area contributed by atoms with Gasteiger partial charge in [-0.2, -0.15) is 0 Å². The summed E-state index contributed by atoms with van der Waals surface area (Å²) in [5.41, 5.74) is 0. The van der Waals surface area contributed by atoms with Gasteiger partial charge in [-0.25, -0.2) is 0 Å². The lowest BCUT2D eigenvalue weighted by molar-refractivity contribution is 0.868. The first-order chi connectivity index (χ1) is 4.50. The topological polar surface area (TPSA) is 0 Å². The predicted molar refractivity (Wildman–Crippen MR) is 41.4 cm³/mol. The van der Waals surface area contributed by atoms with E-state index >= 15 is 0 Å².